The number of nitrogens with two attached hydrogens (primary N) is 1. The van der Waals surface area contributed by atoms with Crippen LogP contribution in [0.4, 0.5) is 0 Å². The zero-order valence-electron chi connectivity index (χ0n) is 10.2. The van der Waals surface area contributed by atoms with Crippen molar-refractivity contribution in [3.63, 3.8) is 0 Å². The zero-order chi connectivity index (χ0) is 13.1. The van der Waals surface area contributed by atoms with Crippen LogP contribution in [0.3, 0.4) is 0 Å². The van der Waals surface area contributed by atoms with Crippen molar-refractivity contribution in [2.24, 2.45) is 5.14 Å². The topological polar surface area (TPSA) is 69.4 Å². The molecule has 0 saturated heterocycles. The van der Waals surface area contributed by atoms with E-state index < -0.39 is 10.0 Å². The van der Waals surface area contributed by atoms with E-state index in [9.17, 15) is 8.42 Å². The SMILES string of the molecule is C/C=C/COc1cc(C)c(S(N)(=O)=O)c(C)c1. The third kappa shape index (κ3) is 3.57. The fraction of sp³-hybridized carbons (Fsp3) is 0.333. The first-order valence-corrected chi connectivity index (χ1v) is 6.79. The van der Waals surface area contributed by atoms with Crippen molar-refractivity contribution in [1.29, 1.82) is 0 Å². The summed E-state index contributed by atoms with van der Waals surface area (Å²) in [5.74, 6) is 0.644. The maximum atomic E-state index is 11.4. The largest absolute Gasteiger partial charge is 0.490 e. The van der Waals surface area contributed by atoms with Gasteiger partial charge >= 0.3 is 0 Å². The summed E-state index contributed by atoms with van der Waals surface area (Å²) in [6.07, 6.45) is 3.76. The molecule has 0 amide bonds. The van der Waals surface area contributed by atoms with E-state index in [4.69, 9.17) is 9.88 Å². The lowest BCUT2D eigenvalue weighted by Crippen LogP contribution is -2.15. The summed E-state index contributed by atoms with van der Waals surface area (Å²) < 4.78 is 28.2. The molecule has 1 rings (SSSR count). The number of rotatable bonds is 4. The number of hydrogen-bond acceptors (Lipinski definition) is 3. The molecule has 0 fully saturated rings. The molecule has 0 aliphatic rings. The molecule has 0 aliphatic carbocycles. The lowest BCUT2D eigenvalue weighted by molar-refractivity contribution is 0.362. The van der Waals surface area contributed by atoms with E-state index in [1.807, 2.05) is 19.1 Å². The highest BCUT2D eigenvalue weighted by molar-refractivity contribution is 7.89. The highest BCUT2D eigenvalue weighted by Gasteiger charge is 2.15. The Kier molecular flexibility index (Phi) is 4.31. The first-order chi connectivity index (χ1) is 7.86. The van der Waals surface area contributed by atoms with Gasteiger partial charge < -0.3 is 4.74 Å². The molecule has 1 aromatic rings. The van der Waals surface area contributed by atoms with Crippen LogP contribution in [0.1, 0.15) is 18.1 Å². The van der Waals surface area contributed by atoms with E-state index in [0.717, 1.165) is 0 Å². The van der Waals surface area contributed by atoms with Gasteiger partial charge in [-0.1, -0.05) is 12.2 Å². The molecule has 0 spiro atoms. The molecule has 0 unspecified atom stereocenters. The van der Waals surface area contributed by atoms with Gasteiger partial charge in [0, 0.05) is 0 Å². The Bertz CT molecular complexity index is 510. The summed E-state index contributed by atoms with van der Waals surface area (Å²) in [4.78, 5) is 0.177. The number of hydrogen-bond donors (Lipinski definition) is 1. The molecule has 0 atom stereocenters. The van der Waals surface area contributed by atoms with E-state index in [2.05, 4.69) is 0 Å². The predicted molar refractivity (Wildman–Crippen MR) is 67.6 cm³/mol. The first-order valence-electron chi connectivity index (χ1n) is 5.24. The molecule has 0 saturated carbocycles. The van der Waals surface area contributed by atoms with E-state index in [1.165, 1.54) is 0 Å². The maximum Gasteiger partial charge on any atom is 0.238 e. The average molecular weight is 255 g/mol. The minimum absolute atomic E-state index is 0.177. The highest BCUT2D eigenvalue weighted by Crippen LogP contribution is 2.24. The molecule has 0 aromatic heterocycles. The minimum atomic E-state index is -3.68. The number of allylic oxidation sites excluding steroid dienone is 1. The molecule has 5 heteroatoms. The molecule has 94 valence electrons. The summed E-state index contributed by atoms with van der Waals surface area (Å²) in [5.41, 5.74) is 1.20. The van der Waals surface area contributed by atoms with Gasteiger partial charge in [-0.05, 0) is 44.0 Å². The van der Waals surface area contributed by atoms with Crippen LogP contribution in [0.5, 0.6) is 5.75 Å². The van der Waals surface area contributed by atoms with E-state index in [-0.39, 0.29) is 4.90 Å². The van der Waals surface area contributed by atoms with E-state index in [0.29, 0.717) is 23.5 Å². The van der Waals surface area contributed by atoms with Gasteiger partial charge in [-0.15, -0.1) is 0 Å². The minimum Gasteiger partial charge on any atom is -0.490 e. The number of primary sulfonamides is 1. The average Bonchev–Trinajstić information content (AvgIpc) is 2.14. The third-order valence-electron chi connectivity index (χ3n) is 2.30. The van der Waals surface area contributed by atoms with E-state index >= 15 is 0 Å². The molecule has 17 heavy (non-hydrogen) atoms. The molecule has 2 N–H and O–H groups in total. The van der Waals surface area contributed by atoms with Crippen LogP contribution < -0.4 is 9.88 Å². The zero-order valence-corrected chi connectivity index (χ0v) is 11.0. The van der Waals surface area contributed by atoms with Gasteiger partial charge in [-0.3, -0.25) is 0 Å². The molecular formula is C12H17NO3S. The lowest BCUT2D eigenvalue weighted by Gasteiger charge is -2.11. The smallest absolute Gasteiger partial charge is 0.238 e. The van der Waals surface area contributed by atoms with Gasteiger partial charge in [0.05, 0.1) is 4.90 Å². The normalized spacial score (nSPS) is 12.0. The number of sulfonamides is 1. The van der Waals surface area contributed by atoms with Crippen molar-refractivity contribution in [2.75, 3.05) is 6.61 Å². The van der Waals surface area contributed by atoms with Crippen LogP contribution in [-0.4, -0.2) is 15.0 Å². The monoisotopic (exact) mass is 255 g/mol. The predicted octanol–water partition coefficient (Wildman–Crippen LogP) is 1.91. The van der Waals surface area contributed by atoms with Gasteiger partial charge in [0.1, 0.15) is 12.4 Å². The summed E-state index contributed by atoms with van der Waals surface area (Å²) in [7, 11) is -3.68. The second kappa shape index (κ2) is 5.33. The standard InChI is InChI=1S/C12H17NO3S/c1-4-5-6-16-11-7-9(2)12(10(3)8-11)17(13,14)15/h4-5,7-8H,6H2,1-3H3,(H2,13,14,15)/b5-4+. The van der Waals surface area contributed by atoms with Gasteiger partial charge in [-0.2, -0.15) is 0 Å². The second-order valence-corrected chi connectivity index (χ2v) is 5.31. The fourth-order valence-electron chi connectivity index (χ4n) is 1.68. The first kappa shape index (κ1) is 13.7. The van der Waals surface area contributed by atoms with Gasteiger partial charge in [0.2, 0.25) is 10.0 Å². The Morgan fingerprint density at radius 2 is 1.82 bits per heavy atom. The maximum absolute atomic E-state index is 11.4. The Labute approximate surface area is 102 Å². The van der Waals surface area contributed by atoms with Crippen LogP contribution in [-0.2, 0) is 10.0 Å². The Hall–Kier alpha value is -1.33. The molecule has 0 radical (unpaired) electrons. The van der Waals surface area contributed by atoms with Crippen LogP contribution in [0.2, 0.25) is 0 Å². The molecule has 0 bridgehead atoms. The van der Waals surface area contributed by atoms with Crippen LogP contribution in [0.15, 0.2) is 29.2 Å². The van der Waals surface area contributed by atoms with Crippen molar-refractivity contribution in [1.82, 2.24) is 0 Å². The van der Waals surface area contributed by atoms with Gasteiger partial charge in [-0.25, -0.2) is 13.6 Å². The van der Waals surface area contributed by atoms with Crippen LogP contribution in [0, 0.1) is 13.8 Å². The summed E-state index contributed by atoms with van der Waals surface area (Å²) >= 11 is 0. The molecule has 0 aliphatic heterocycles. The third-order valence-corrected chi connectivity index (χ3v) is 3.51. The highest BCUT2D eigenvalue weighted by atomic mass is 32.2. The summed E-state index contributed by atoms with van der Waals surface area (Å²) in [6, 6.07) is 3.35. The second-order valence-electron chi connectivity index (χ2n) is 3.81. The quantitative estimate of drug-likeness (QED) is 0.835. The molecule has 1 aromatic carbocycles. The Morgan fingerprint density at radius 3 is 2.24 bits per heavy atom. The fourth-order valence-corrected chi connectivity index (χ4v) is 2.70. The lowest BCUT2D eigenvalue weighted by atomic mass is 10.1. The van der Waals surface area contributed by atoms with Crippen molar-refractivity contribution in [3.8, 4) is 5.75 Å². The molecule has 0 heterocycles. The summed E-state index contributed by atoms with van der Waals surface area (Å²) in [6.45, 7) is 5.78. The van der Waals surface area contributed by atoms with E-state index in [1.54, 1.807) is 26.0 Å². The van der Waals surface area contributed by atoms with Crippen LogP contribution in [0.25, 0.3) is 0 Å². The van der Waals surface area contributed by atoms with Crippen molar-refractivity contribution in [3.05, 3.63) is 35.4 Å². The Balaban J connectivity index is 3.10. The Morgan fingerprint density at radius 1 is 1.29 bits per heavy atom. The van der Waals surface area contributed by atoms with Crippen LogP contribution >= 0.6 is 0 Å². The van der Waals surface area contributed by atoms with Crippen molar-refractivity contribution < 1.29 is 13.2 Å². The number of aryl methyl sites for hydroxylation is 2. The van der Waals surface area contributed by atoms with Crippen molar-refractivity contribution in [2.45, 2.75) is 25.7 Å². The molecular weight excluding hydrogens is 238 g/mol. The molecule has 4 nitrogen and oxygen atoms in total. The van der Waals surface area contributed by atoms with Gasteiger partial charge in [0.15, 0.2) is 0 Å². The number of benzene rings is 1. The van der Waals surface area contributed by atoms with Gasteiger partial charge in [0.25, 0.3) is 0 Å². The number of ether oxygens (including phenoxy) is 1. The van der Waals surface area contributed by atoms with Crippen molar-refractivity contribution >= 4 is 10.0 Å². The summed E-state index contributed by atoms with van der Waals surface area (Å²) in [5, 5.41) is 5.15.